The SMILES string of the molecule is CC1=C(C(N)=O)C(c2ccccc2[N+](=O)[O-])n2nc(-c3ccccc3C)nc2N1. The van der Waals surface area contributed by atoms with E-state index >= 15 is 0 Å². The Labute approximate surface area is 166 Å². The van der Waals surface area contributed by atoms with Crippen LogP contribution >= 0.6 is 0 Å². The van der Waals surface area contributed by atoms with Crippen molar-refractivity contribution in [2.45, 2.75) is 19.9 Å². The maximum atomic E-state index is 12.3. The first kappa shape index (κ1) is 18.4. The number of carbonyl (C=O) groups excluding carboxylic acids is 1. The van der Waals surface area contributed by atoms with Crippen molar-refractivity contribution in [2.24, 2.45) is 5.73 Å². The largest absolute Gasteiger partial charge is 0.366 e. The van der Waals surface area contributed by atoms with Gasteiger partial charge in [0.15, 0.2) is 5.82 Å². The molecule has 3 aromatic rings. The molecule has 0 saturated heterocycles. The van der Waals surface area contributed by atoms with Gasteiger partial charge in [-0.2, -0.15) is 4.98 Å². The second kappa shape index (κ2) is 6.86. The smallest absolute Gasteiger partial charge is 0.275 e. The van der Waals surface area contributed by atoms with E-state index in [4.69, 9.17) is 5.73 Å². The zero-order valence-electron chi connectivity index (χ0n) is 15.8. The van der Waals surface area contributed by atoms with Crippen LogP contribution in [0.4, 0.5) is 11.6 Å². The summed E-state index contributed by atoms with van der Waals surface area (Å²) in [4.78, 5) is 28.0. The van der Waals surface area contributed by atoms with E-state index in [1.165, 1.54) is 10.7 Å². The third kappa shape index (κ3) is 3.02. The number of primary amides is 1. The van der Waals surface area contributed by atoms with Gasteiger partial charge in [0.1, 0.15) is 6.04 Å². The van der Waals surface area contributed by atoms with Crippen LogP contribution in [-0.4, -0.2) is 25.6 Å². The van der Waals surface area contributed by atoms with Crippen molar-refractivity contribution in [2.75, 3.05) is 5.32 Å². The van der Waals surface area contributed by atoms with Gasteiger partial charge < -0.3 is 11.1 Å². The topological polar surface area (TPSA) is 129 Å². The van der Waals surface area contributed by atoms with Crippen LogP contribution in [0.2, 0.25) is 0 Å². The lowest BCUT2D eigenvalue weighted by Crippen LogP contribution is -2.32. The molecule has 2 heterocycles. The Morgan fingerprint density at radius 2 is 1.86 bits per heavy atom. The van der Waals surface area contributed by atoms with Crippen LogP contribution in [0.25, 0.3) is 11.4 Å². The van der Waals surface area contributed by atoms with E-state index in [1.54, 1.807) is 25.1 Å². The summed E-state index contributed by atoms with van der Waals surface area (Å²) >= 11 is 0. The summed E-state index contributed by atoms with van der Waals surface area (Å²) in [7, 11) is 0. The first-order valence-electron chi connectivity index (χ1n) is 8.92. The van der Waals surface area contributed by atoms with Gasteiger partial charge in [0.2, 0.25) is 11.9 Å². The number of fused-ring (bicyclic) bond motifs is 1. The number of nitro groups is 1. The lowest BCUT2D eigenvalue weighted by molar-refractivity contribution is -0.385. The number of allylic oxidation sites excluding steroid dienone is 1. The summed E-state index contributed by atoms with van der Waals surface area (Å²) in [6.45, 7) is 3.63. The van der Waals surface area contributed by atoms with Crippen molar-refractivity contribution in [1.82, 2.24) is 14.8 Å². The number of nitro benzene ring substituents is 1. The molecule has 3 N–H and O–H groups in total. The predicted octanol–water partition coefficient (Wildman–Crippen LogP) is 2.94. The highest BCUT2D eigenvalue weighted by atomic mass is 16.6. The van der Waals surface area contributed by atoms with E-state index in [2.05, 4.69) is 15.4 Å². The minimum absolute atomic E-state index is 0.121. The van der Waals surface area contributed by atoms with E-state index in [1.807, 2.05) is 31.2 Å². The summed E-state index contributed by atoms with van der Waals surface area (Å²) in [5.41, 5.74) is 8.33. The van der Waals surface area contributed by atoms with Crippen LogP contribution in [0.3, 0.4) is 0 Å². The van der Waals surface area contributed by atoms with Crippen LogP contribution in [0, 0.1) is 17.0 Å². The van der Waals surface area contributed by atoms with E-state index in [0.29, 0.717) is 23.0 Å². The van der Waals surface area contributed by atoms with Crippen molar-refractivity contribution in [3.05, 3.63) is 81.0 Å². The number of hydrogen-bond acceptors (Lipinski definition) is 6. The van der Waals surface area contributed by atoms with Gasteiger partial charge in [0.05, 0.1) is 16.1 Å². The molecule has 29 heavy (non-hydrogen) atoms. The number of benzene rings is 2. The molecule has 0 bridgehead atoms. The second-order valence-corrected chi connectivity index (χ2v) is 6.76. The molecule has 0 fully saturated rings. The highest BCUT2D eigenvalue weighted by molar-refractivity contribution is 5.95. The third-order valence-corrected chi connectivity index (χ3v) is 4.93. The number of nitrogens with zero attached hydrogens (tertiary/aromatic N) is 4. The predicted molar refractivity (Wildman–Crippen MR) is 107 cm³/mol. The molecule has 1 aromatic heterocycles. The van der Waals surface area contributed by atoms with Crippen LogP contribution in [0.5, 0.6) is 0 Å². The van der Waals surface area contributed by atoms with Crippen molar-refractivity contribution >= 4 is 17.5 Å². The minimum atomic E-state index is -0.865. The molecule has 9 heteroatoms. The van der Waals surface area contributed by atoms with Gasteiger partial charge in [0, 0.05) is 17.3 Å². The first-order valence-corrected chi connectivity index (χ1v) is 8.92. The number of amides is 1. The Morgan fingerprint density at radius 3 is 2.55 bits per heavy atom. The Kier molecular flexibility index (Phi) is 4.34. The minimum Gasteiger partial charge on any atom is -0.366 e. The van der Waals surface area contributed by atoms with Crippen molar-refractivity contribution < 1.29 is 9.72 Å². The maximum absolute atomic E-state index is 12.3. The van der Waals surface area contributed by atoms with Crippen LogP contribution in [0.1, 0.15) is 24.1 Å². The Bertz CT molecular complexity index is 1180. The van der Waals surface area contributed by atoms with Gasteiger partial charge in [-0.1, -0.05) is 36.4 Å². The van der Waals surface area contributed by atoms with Crippen LogP contribution < -0.4 is 11.1 Å². The average Bonchev–Trinajstić information content (AvgIpc) is 3.10. The summed E-state index contributed by atoms with van der Waals surface area (Å²) in [5.74, 6) is 0.151. The number of rotatable bonds is 4. The fourth-order valence-corrected chi connectivity index (χ4v) is 3.58. The summed E-state index contributed by atoms with van der Waals surface area (Å²) in [5, 5.41) is 19.3. The van der Waals surface area contributed by atoms with E-state index in [9.17, 15) is 14.9 Å². The molecule has 146 valence electrons. The molecule has 4 rings (SSSR count). The molecule has 0 aliphatic carbocycles. The number of hydrogen-bond donors (Lipinski definition) is 2. The van der Waals surface area contributed by atoms with Crippen molar-refractivity contribution in [1.29, 1.82) is 0 Å². The Balaban J connectivity index is 1.96. The fourth-order valence-electron chi connectivity index (χ4n) is 3.58. The van der Waals surface area contributed by atoms with Crippen LogP contribution in [-0.2, 0) is 4.79 Å². The van der Waals surface area contributed by atoms with Gasteiger partial charge in [-0.25, -0.2) is 4.68 Å². The lowest BCUT2D eigenvalue weighted by atomic mass is 9.94. The molecule has 0 radical (unpaired) electrons. The highest BCUT2D eigenvalue weighted by Gasteiger charge is 2.36. The molecule has 0 spiro atoms. The number of aryl methyl sites for hydroxylation is 1. The zero-order valence-corrected chi connectivity index (χ0v) is 15.8. The molecule has 2 aromatic carbocycles. The monoisotopic (exact) mass is 390 g/mol. The number of nitrogens with one attached hydrogen (secondary N) is 1. The zero-order chi connectivity index (χ0) is 20.7. The van der Waals surface area contributed by atoms with Crippen molar-refractivity contribution in [3.63, 3.8) is 0 Å². The maximum Gasteiger partial charge on any atom is 0.275 e. The number of anilines is 1. The number of para-hydroxylation sites is 1. The van der Waals surface area contributed by atoms with E-state index in [-0.39, 0.29) is 11.3 Å². The van der Waals surface area contributed by atoms with Gasteiger partial charge in [0.25, 0.3) is 5.69 Å². The van der Waals surface area contributed by atoms with Gasteiger partial charge in [-0.05, 0) is 25.5 Å². The van der Waals surface area contributed by atoms with E-state index in [0.717, 1.165) is 11.1 Å². The molecule has 1 amide bonds. The molecule has 9 nitrogen and oxygen atoms in total. The van der Waals surface area contributed by atoms with Gasteiger partial charge in [-0.3, -0.25) is 14.9 Å². The average molecular weight is 390 g/mol. The number of carbonyl (C=O) groups is 1. The molecule has 1 unspecified atom stereocenters. The van der Waals surface area contributed by atoms with Gasteiger partial charge >= 0.3 is 0 Å². The Hall–Kier alpha value is -4.01. The molecule has 1 aliphatic rings. The van der Waals surface area contributed by atoms with Crippen LogP contribution in [0.15, 0.2) is 59.8 Å². The summed E-state index contributed by atoms with van der Waals surface area (Å²) < 4.78 is 1.48. The fraction of sp³-hybridized carbons (Fsp3) is 0.150. The quantitative estimate of drug-likeness (QED) is 0.520. The normalized spacial score (nSPS) is 15.6. The lowest BCUT2D eigenvalue weighted by Gasteiger charge is -2.27. The number of aromatic nitrogens is 3. The second-order valence-electron chi connectivity index (χ2n) is 6.76. The highest BCUT2D eigenvalue weighted by Crippen LogP contribution is 2.39. The van der Waals surface area contributed by atoms with Crippen molar-refractivity contribution in [3.8, 4) is 11.4 Å². The molecule has 0 saturated carbocycles. The molecular formula is C20H18N6O3. The summed E-state index contributed by atoms with van der Waals surface area (Å²) in [6.07, 6.45) is 0. The standard InChI is InChI=1S/C20H18N6O3/c1-11-7-3-4-8-13(11)19-23-20-22-12(2)16(18(21)27)17(25(20)24-19)14-9-5-6-10-15(14)26(28)29/h3-10,17H,1-2H3,(H2,21,27)(H,22,23,24). The molecule has 1 atom stereocenters. The summed E-state index contributed by atoms with van der Waals surface area (Å²) in [6, 6.07) is 13.0. The number of nitrogens with two attached hydrogens (primary N) is 1. The molecule has 1 aliphatic heterocycles. The third-order valence-electron chi connectivity index (χ3n) is 4.93. The molecular weight excluding hydrogens is 372 g/mol. The van der Waals surface area contributed by atoms with Gasteiger partial charge in [-0.15, -0.1) is 5.10 Å². The Morgan fingerprint density at radius 1 is 1.17 bits per heavy atom. The van der Waals surface area contributed by atoms with E-state index < -0.39 is 16.9 Å². The first-order chi connectivity index (χ1) is 13.9.